The SMILES string of the molecule is CNc1ccc2c(c1)NC(=O)C(C)CCCC(N1CCC(c3c(Br)ccc(Cl)c3F)=CC1=O)c1cc-2c2c(n1)CCCC2. The van der Waals surface area contributed by atoms with Gasteiger partial charge in [-0.15, -0.1) is 0 Å². The van der Waals surface area contributed by atoms with Crippen molar-refractivity contribution in [1.82, 2.24) is 9.88 Å². The van der Waals surface area contributed by atoms with E-state index in [2.05, 4.69) is 38.7 Å². The van der Waals surface area contributed by atoms with Crippen molar-refractivity contribution in [2.75, 3.05) is 24.2 Å². The topological polar surface area (TPSA) is 74.3 Å². The first kappa shape index (κ1) is 29.8. The van der Waals surface area contributed by atoms with Crippen LogP contribution in [0.25, 0.3) is 16.7 Å². The van der Waals surface area contributed by atoms with E-state index in [1.165, 1.54) is 11.6 Å². The van der Waals surface area contributed by atoms with Gasteiger partial charge in [0, 0.05) is 52.6 Å². The Labute approximate surface area is 265 Å². The Hall–Kier alpha value is -3.23. The van der Waals surface area contributed by atoms with Gasteiger partial charge in [0.15, 0.2) is 0 Å². The van der Waals surface area contributed by atoms with E-state index in [1.807, 2.05) is 31.0 Å². The van der Waals surface area contributed by atoms with E-state index in [-0.39, 0.29) is 28.8 Å². The highest BCUT2D eigenvalue weighted by molar-refractivity contribution is 9.10. The van der Waals surface area contributed by atoms with Crippen LogP contribution in [0.4, 0.5) is 15.8 Å². The minimum atomic E-state index is -0.525. The number of amides is 2. The van der Waals surface area contributed by atoms with Crippen molar-refractivity contribution in [3.8, 4) is 11.1 Å². The molecule has 3 aliphatic rings. The summed E-state index contributed by atoms with van der Waals surface area (Å²) in [5, 5.41) is 6.44. The van der Waals surface area contributed by atoms with Gasteiger partial charge in [-0.25, -0.2) is 4.39 Å². The number of nitrogens with one attached hydrogen (secondary N) is 2. The fourth-order valence-electron chi connectivity index (χ4n) is 6.63. The molecule has 2 aliphatic heterocycles. The number of carbonyl (C=O) groups is 2. The maximum Gasteiger partial charge on any atom is 0.247 e. The van der Waals surface area contributed by atoms with Crippen LogP contribution in [-0.2, 0) is 22.4 Å². The summed E-state index contributed by atoms with van der Waals surface area (Å²) in [4.78, 5) is 34.2. The monoisotopic (exact) mass is 664 g/mol. The second-order valence-corrected chi connectivity index (χ2v) is 13.0. The summed E-state index contributed by atoms with van der Waals surface area (Å²) in [6, 6.07) is 11.2. The fraction of sp³-hybridized carbons (Fsp3) is 0.382. The zero-order valence-electron chi connectivity index (χ0n) is 24.4. The van der Waals surface area contributed by atoms with Crippen LogP contribution >= 0.6 is 27.5 Å². The Kier molecular flexibility index (Phi) is 8.60. The number of aryl methyl sites for hydroxylation is 1. The summed E-state index contributed by atoms with van der Waals surface area (Å²) in [5.74, 6) is -0.901. The molecule has 6 nitrogen and oxygen atoms in total. The van der Waals surface area contributed by atoms with E-state index in [9.17, 15) is 9.59 Å². The van der Waals surface area contributed by atoms with Gasteiger partial charge in [0.05, 0.1) is 22.4 Å². The molecule has 9 heteroatoms. The van der Waals surface area contributed by atoms with Crippen LogP contribution in [0, 0.1) is 11.7 Å². The van der Waals surface area contributed by atoms with Crippen molar-refractivity contribution in [3.05, 3.63) is 80.3 Å². The number of carbonyl (C=O) groups excluding carboxylic acids is 2. The van der Waals surface area contributed by atoms with E-state index in [4.69, 9.17) is 16.6 Å². The zero-order valence-corrected chi connectivity index (χ0v) is 26.7. The first-order valence-electron chi connectivity index (χ1n) is 15.1. The average molecular weight is 666 g/mol. The maximum absolute atomic E-state index is 15.0. The van der Waals surface area contributed by atoms with E-state index in [0.717, 1.165) is 66.0 Å². The van der Waals surface area contributed by atoms with Gasteiger partial charge in [-0.2, -0.15) is 0 Å². The molecule has 1 aliphatic carbocycles. The maximum atomic E-state index is 15.0. The number of anilines is 2. The molecule has 2 amide bonds. The molecule has 3 heterocycles. The third kappa shape index (κ3) is 5.84. The number of pyridine rings is 1. The van der Waals surface area contributed by atoms with Gasteiger partial charge < -0.3 is 15.5 Å². The molecule has 2 bridgehead atoms. The lowest BCUT2D eigenvalue weighted by Gasteiger charge is -2.35. The number of nitrogens with zero attached hydrogens (tertiary/aromatic N) is 2. The number of halogens is 3. The van der Waals surface area contributed by atoms with Crippen molar-refractivity contribution in [1.29, 1.82) is 0 Å². The molecular formula is C34H35BrClFN4O2. The quantitative estimate of drug-likeness (QED) is 0.276. The van der Waals surface area contributed by atoms with Crippen LogP contribution < -0.4 is 10.6 Å². The summed E-state index contributed by atoms with van der Waals surface area (Å²) in [7, 11) is 1.87. The molecule has 0 radical (unpaired) electrons. The lowest BCUT2D eigenvalue weighted by molar-refractivity contribution is -0.129. The lowest BCUT2D eigenvalue weighted by atomic mass is 9.86. The molecule has 2 aromatic carbocycles. The van der Waals surface area contributed by atoms with Crippen LogP contribution in [0.1, 0.15) is 74.0 Å². The van der Waals surface area contributed by atoms with Crippen molar-refractivity contribution < 1.29 is 14.0 Å². The first-order valence-corrected chi connectivity index (χ1v) is 16.2. The minimum Gasteiger partial charge on any atom is -0.388 e. The molecular weight excluding hydrogens is 631 g/mol. The molecule has 3 aromatic rings. The summed E-state index contributed by atoms with van der Waals surface area (Å²) >= 11 is 9.54. The predicted molar refractivity (Wildman–Crippen MR) is 174 cm³/mol. The third-order valence-electron chi connectivity index (χ3n) is 9.02. The minimum absolute atomic E-state index is 0.00877. The van der Waals surface area contributed by atoms with Crippen LogP contribution in [0.2, 0.25) is 5.02 Å². The van der Waals surface area contributed by atoms with Crippen LogP contribution in [0.5, 0.6) is 0 Å². The molecule has 0 fully saturated rings. The molecule has 2 unspecified atom stereocenters. The molecule has 2 N–H and O–H groups in total. The smallest absolute Gasteiger partial charge is 0.247 e. The van der Waals surface area contributed by atoms with Crippen LogP contribution in [0.3, 0.4) is 0 Å². The van der Waals surface area contributed by atoms with Gasteiger partial charge in [-0.1, -0.05) is 46.9 Å². The Morgan fingerprint density at radius 2 is 1.86 bits per heavy atom. The first-order chi connectivity index (χ1) is 20.7. The molecule has 2 atom stereocenters. The van der Waals surface area contributed by atoms with Gasteiger partial charge in [-0.05, 0) is 92.0 Å². The summed E-state index contributed by atoms with van der Waals surface area (Å²) in [5.41, 5.74) is 7.88. The van der Waals surface area contributed by atoms with Crippen LogP contribution in [0.15, 0.2) is 46.9 Å². The number of benzene rings is 2. The molecule has 0 saturated heterocycles. The summed E-state index contributed by atoms with van der Waals surface area (Å²) < 4.78 is 15.6. The Balaban J connectivity index is 1.46. The zero-order chi connectivity index (χ0) is 30.2. The van der Waals surface area contributed by atoms with Gasteiger partial charge in [-0.3, -0.25) is 14.6 Å². The van der Waals surface area contributed by atoms with Gasteiger partial charge in [0.25, 0.3) is 0 Å². The van der Waals surface area contributed by atoms with Crippen molar-refractivity contribution in [2.45, 2.75) is 64.3 Å². The number of hydrogen-bond acceptors (Lipinski definition) is 4. The number of aromatic nitrogens is 1. The standard InChI is InChI=1S/C34H35BrClFN4O2/c1-19-6-5-9-30(41-15-14-20(16-31(41)42)32-25(35)12-13-26(36)33(32)37)29-18-24(22-7-3-4-8-27(22)39-29)23-11-10-21(38-2)17-28(23)40-34(19)43/h10-13,16-19,30,38H,3-9,14-15H2,1-2H3,(H,40,43). The molecule has 6 rings (SSSR count). The van der Waals surface area contributed by atoms with Crippen molar-refractivity contribution >= 4 is 56.3 Å². The highest BCUT2D eigenvalue weighted by atomic mass is 79.9. The van der Waals surface area contributed by atoms with E-state index in [0.29, 0.717) is 41.4 Å². The summed E-state index contributed by atoms with van der Waals surface area (Å²) in [6.45, 7) is 2.38. The Morgan fingerprint density at radius 3 is 2.65 bits per heavy atom. The van der Waals surface area contributed by atoms with E-state index >= 15 is 4.39 Å². The van der Waals surface area contributed by atoms with Gasteiger partial charge >= 0.3 is 0 Å². The Bertz CT molecular complexity index is 1640. The Morgan fingerprint density at radius 1 is 1.05 bits per heavy atom. The van der Waals surface area contributed by atoms with E-state index < -0.39 is 5.82 Å². The third-order valence-corrected chi connectivity index (χ3v) is 9.98. The number of hydrogen-bond donors (Lipinski definition) is 2. The summed E-state index contributed by atoms with van der Waals surface area (Å²) in [6.07, 6.45) is 8.13. The highest BCUT2D eigenvalue weighted by Crippen LogP contribution is 2.42. The molecule has 0 saturated carbocycles. The molecule has 1 aromatic heterocycles. The predicted octanol–water partition coefficient (Wildman–Crippen LogP) is 8.34. The van der Waals surface area contributed by atoms with Gasteiger partial charge in [0.2, 0.25) is 11.8 Å². The number of fused-ring (bicyclic) bond motifs is 6. The van der Waals surface area contributed by atoms with E-state index in [1.54, 1.807) is 12.1 Å². The van der Waals surface area contributed by atoms with Gasteiger partial charge in [0.1, 0.15) is 5.82 Å². The highest BCUT2D eigenvalue weighted by Gasteiger charge is 2.32. The largest absolute Gasteiger partial charge is 0.388 e. The fourth-order valence-corrected chi connectivity index (χ4v) is 7.34. The lowest BCUT2D eigenvalue weighted by Crippen LogP contribution is -2.38. The normalized spacial score (nSPS) is 20.7. The van der Waals surface area contributed by atoms with Crippen LogP contribution in [-0.4, -0.2) is 35.3 Å². The molecule has 224 valence electrons. The second kappa shape index (κ2) is 12.4. The van der Waals surface area contributed by atoms with Crippen molar-refractivity contribution in [2.24, 2.45) is 5.92 Å². The average Bonchev–Trinajstić information content (AvgIpc) is 3.00. The number of rotatable bonds is 3. The molecule has 0 spiro atoms. The molecule has 43 heavy (non-hydrogen) atoms. The second-order valence-electron chi connectivity index (χ2n) is 11.7. The van der Waals surface area contributed by atoms with Crippen molar-refractivity contribution in [3.63, 3.8) is 0 Å².